The van der Waals surface area contributed by atoms with E-state index in [2.05, 4.69) is 38.0 Å². The maximum absolute atomic E-state index is 9.44. The molecule has 0 aliphatic heterocycles. The van der Waals surface area contributed by atoms with Gasteiger partial charge in [-0.3, -0.25) is 0 Å². The minimum atomic E-state index is 0.465. The van der Waals surface area contributed by atoms with E-state index in [1.807, 2.05) is 48.5 Å². The van der Waals surface area contributed by atoms with Gasteiger partial charge in [0.15, 0.2) is 0 Å². The molecule has 0 radical (unpaired) electrons. The molecule has 2 aromatic rings. The van der Waals surface area contributed by atoms with Crippen molar-refractivity contribution in [3.8, 4) is 11.5 Å². The Balaban J connectivity index is 1.82. The first-order chi connectivity index (χ1) is 15.4. The Bertz CT molecular complexity index is 783. The summed E-state index contributed by atoms with van der Waals surface area (Å²) in [5, 5.41) is 25.8. The van der Waals surface area contributed by atoms with Crippen molar-refractivity contribution in [1.82, 2.24) is 0 Å². The minimum Gasteiger partial charge on any atom is -0.493 e. The van der Waals surface area contributed by atoms with Gasteiger partial charge in [0.05, 0.1) is 24.6 Å². The van der Waals surface area contributed by atoms with Gasteiger partial charge in [0.1, 0.15) is 11.5 Å². The zero-order chi connectivity index (χ0) is 23.3. The van der Waals surface area contributed by atoms with Crippen molar-refractivity contribution in [3.63, 3.8) is 0 Å². The monoisotopic (exact) mass is 440 g/mol. The second-order valence-corrected chi connectivity index (χ2v) is 8.76. The van der Waals surface area contributed by atoms with E-state index in [9.17, 15) is 10.4 Å². The van der Waals surface area contributed by atoms with Crippen LogP contribution in [0.3, 0.4) is 0 Å². The van der Waals surface area contributed by atoms with Crippen molar-refractivity contribution in [3.05, 3.63) is 59.7 Å². The highest BCUT2D eigenvalue weighted by Crippen LogP contribution is 2.18. The average molecular weight is 441 g/mol. The maximum Gasteiger partial charge on any atom is 0.119 e. The number of oxime groups is 2. The van der Waals surface area contributed by atoms with Crippen LogP contribution in [0.2, 0.25) is 0 Å². The summed E-state index contributed by atoms with van der Waals surface area (Å²) in [5.41, 5.74) is 3.01. The van der Waals surface area contributed by atoms with Crippen molar-refractivity contribution >= 4 is 11.4 Å². The van der Waals surface area contributed by atoms with Crippen molar-refractivity contribution < 1.29 is 19.9 Å². The lowest BCUT2D eigenvalue weighted by atomic mass is 10.0. The second kappa shape index (κ2) is 13.4. The van der Waals surface area contributed by atoms with Crippen LogP contribution >= 0.6 is 0 Å². The zero-order valence-electron chi connectivity index (χ0n) is 19.6. The molecule has 2 aromatic carbocycles. The van der Waals surface area contributed by atoms with Gasteiger partial charge in [-0.25, -0.2) is 0 Å². The Morgan fingerprint density at radius 2 is 1.00 bits per heavy atom. The molecule has 0 aliphatic rings. The third kappa shape index (κ3) is 8.61. The number of hydrogen-bond donors (Lipinski definition) is 2. The van der Waals surface area contributed by atoms with Crippen molar-refractivity contribution in [2.45, 2.75) is 53.4 Å². The molecular formula is C26H36N2O4. The van der Waals surface area contributed by atoms with E-state index in [0.29, 0.717) is 49.3 Å². The Kier molecular flexibility index (Phi) is 10.6. The normalized spacial score (nSPS) is 12.4. The molecular weight excluding hydrogens is 404 g/mol. The molecule has 174 valence electrons. The minimum absolute atomic E-state index is 0.465. The topological polar surface area (TPSA) is 83.6 Å². The Labute approximate surface area is 191 Å². The number of nitrogens with zero attached hydrogens (tertiary/aromatic N) is 2. The molecule has 0 fully saturated rings. The first-order valence-corrected chi connectivity index (χ1v) is 11.3. The van der Waals surface area contributed by atoms with E-state index in [1.165, 1.54) is 0 Å². The van der Waals surface area contributed by atoms with E-state index >= 15 is 0 Å². The fraction of sp³-hybridized carbons (Fsp3) is 0.462. The largest absolute Gasteiger partial charge is 0.493 e. The fourth-order valence-corrected chi connectivity index (χ4v) is 3.10. The van der Waals surface area contributed by atoms with Gasteiger partial charge in [-0.15, -0.1) is 0 Å². The number of hydrogen-bond acceptors (Lipinski definition) is 6. The highest BCUT2D eigenvalue weighted by atomic mass is 16.5. The Hall–Kier alpha value is -3.02. The predicted molar refractivity (Wildman–Crippen MR) is 129 cm³/mol. The zero-order valence-corrected chi connectivity index (χ0v) is 19.6. The standard InChI is InChI=1S/C26H36N2O4/c1-19(2)17-31-23-13-9-21(10-14-23)25(27-29)7-5-6-8-26(28-30)22-11-15-24(16-12-22)32-18-20(3)4/h9-16,19-20,29-30H,5-8,17-18H2,1-4H3/b27-25-,28-26-. The van der Waals surface area contributed by atoms with Crippen molar-refractivity contribution in [2.75, 3.05) is 13.2 Å². The van der Waals surface area contributed by atoms with Crippen molar-refractivity contribution in [2.24, 2.45) is 22.1 Å². The predicted octanol–water partition coefficient (Wildman–Crippen LogP) is 6.37. The molecule has 0 atom stereocenters. The molecule has 2 rings (SSSR count). The summed E-state index contributed by atoms with van der Waals surface area (Å²) in [5.74, 6) is 2.55. The lowest BCUT2D eigenvalue weighted by molar-refractivity contribution is 0.271. The molecule has 0 aliphatic carbocycles. The van der Waals surface area contributed by atoms with Gasteiger partial charge in [-0.05, 0) is 97.2 Å². The van der Waals surface area contributed by atoms with Crippen LogP contribution in [-0.4, -0.2) is 35.1 Å². The summed E-state index contributed by atoms with van der Waals surface area (Å²) in [7, 11) is 0. The van der Waals surface area contributed by atoms with Gasteiger partial charge >= 0.3 is 0 Å². The van der Waals surface area contributed by atoms with Gasteiger partial charge in [0.2, 0.25) is 0 Å². The van der Waals surface area contributed by atoms with E-state index in [4.69, 9.17) is 9.47 Å². The van der Waals surface area contributed by atoms with E-state index in [1.54, 1.807) is 0 Å². The molecule has 0 unspecified atom stereocenters. The summed E-state index contributed by atoms with van der Waals surface area (Å²) >= 11 is 0. The molecule has 0 amide bonds. The molecule has 0 saturated heterocycles. The third-order valence-corrected chi connectivity index (χ3v) is 4.86. The number of benzene rings is 2. The SMILES string of the molecule is CC(C)COc1ccc(/C(CCCC/C(=N/O)c2ccc(OCC(C)C)cc2)=N\O)cc1. The summed E-state index contributed by atoms with van der Waals surface area (Å²) in [6.07, 6.45) is 2.87. The number of rotatable bonds is 13. The van der Waals surface area contributed by atoms with Gasteiger partial charge < -0.3 is 19.9 Å². The lowest BCUT2D eigenvalue weighted by Gasteiger charge is -2.11. The van der Waals surface area contributed by atoms with Gasteiger partial charge in [-0.1, -0.05) is 38.0 Å². The Morgan fingerprint density at radius 1 is 0.656 bits per heavy atom. The van der Waals surface area contributed by atoms with Crippen LogP contribution in [-0.2, 0) is 0 Å². The molecule has 0 bridgehead atoms. The molecule has 2 N–H and O–H groups in total. The van der Waals surface area contributed by atoms with Crippen LogP contribution in [0.5, 0.6) is 11.5 Å². The van der Waals surface area contributed by atoms with Crippen LogP contribution in [0, 0.1) is 11.8 Å². The average Bonchev–Trinajstić information content (AvgIpc) is 2.80. The molecule has 0 heterocycles. The van der Waals surface area contributed by atoms with E-state index in [0.717, 1.165) is 35.5 Å². The van der Waals surface area contributed by atoms with Crippen LogP contribution in [0.15, 0.2) is 58.8 Å². The Morgan fingerprint density at radius 3 is 1.28 bits per heavy atom. The van der Waals surface area contributed by atoms with Crippen LogP contribution in [0.4, 0.5) is 0 Å². The highest BCUT2D eigenvalue weighted by molar-refractivity contribution is 6.01. The summed E-state index contributed by atoms with van der Waals surface area (Å²) in [6, 6.07) is 15.2. The quantitative estimate of drug-likeness (QED) is 0.164. The first kappa shape index (κ1) is 25.2. The molecule has 0 saturated carbocycles. The second-order valence-electron chi connectivity index (χ2n) is 8.76. The summed E-state index contributed by atoms with van der Waals surface area (Å²) in [6.45, 7) is 9.76. The molecule has 0 aromatic heterocycles. The first-order valence-electron chi connectivity index (χ1n) is 11.3. The smallest absolute Gasteiger partial charge is 0.119 e. The van der Waals surface area contributed by atoms with Crippen LogP contribution in [0.1, 0.15) is 64.5 Å². The van der Waals surface area contributed by atoms with Gasteiger partial charge in [-0.2, -0.15) is 0 Å². The maximum atomic E-state index is 9.44. The van der Waals surface area contributed by atoms with Crippen LogP contribution in [0.25, 0.3) is 0 Å². The van der Waals surface area contributed by atoms with Crippen LogP contribution < -0.4 is 9.47 Å². The van der Waals surface area contributed by atoms with E-state index in [-0.39, 0.29) is 0 Å². The molecule has 0 spiro atoms. The van der Waals surface area contributed by atoms with Gasteiger partial charge in [0, 0.05) is 0 Å². The summed E-state index contributed by atoms with van der Waals surface area (Å²) in [4.78, 5) is 0. The fourth-order valence-electron chi connectivity index (χ4n) is 3.10. The lowest BCUT2D eigenvalue weighted by Crippen LogP contribution is -2.06. The third-order valence-electron chi connectivity index (χ3n) is 4.86. The highest BCUT2D eigenvalue weighted by Gasteiger charge is 2.09. The molecule has 6 heteroatoms. The van der Waals surface area contributed by atoms with Crippen molar-refractivity contribution in [1.29, 1.82) is 0 Å². The molecule has 32 heavy (non-hydrogen) atoms. The number of ether oxygens (including phenoxy) is 2. The molecule has 6 nitrogen and oxygen atoms in total. The number of unbranched alkanes of at least 4 members (excludes halogenated alkanes) is 1. The van der Waals surface area contributed by atoms with E-state index < -0.39 is 0 Å². The summed E-state index contributed by atoms with van der Waals surface area (Å²) < 4.78 is 11.4. The van der Waals surface area contributed by atoms with Gasteiger partial charge in [0.25, 0.3) is 0 Å².